The summed E-state index contributed by atoms with van der Waals surface area (Å²) in [7, 11) is 0. The molecule has 0 radical (unpaired) electrons. The largest absolute Gasteiger partial charge is 0.332 e. The van der Waals surface area contributed by atoms with Gasteiger partial charge in [0.2, 0.25) is 0 Å². The van der Waals surface area contributed by atoms with Crippen LogP contribution in [0.3, 0.4) is 0 Å². The molecular formula is C16H18N4O2S. The first kappa shape index (κ1) is 16.8. The third-order valence-electron chi connectivity index (χ3n) is 3.87. The van der Waals surface area contributed by atoms with Gasteiger partial charge >= 0.3 is 0 Å². The second kappa shape index (κ2) is 6.70. The molecular weight excluding hydrogens is 312 g/mol. The van der Waals surface area contributed by atoms with Gasteiger partial charge in [0, 0.05) is 23.5 Å². The second-order valence-corrected chi connectivity index (χ2v) is 5.71. The Morgan fingerprint density at radius 3 is 2.22 bits per heavy atom. The molecule has 0 aliphatic carbocycles. The number of nitrogens with one attached hydrogen (secondary N) is 2. The molecule has 0 saturated heterocycles. The van der Waals surface area contributed by atoms with Crippen LogP contribution in [0.25, 0.3) is 0 Å². The molecule has 2 rings (SSSR count). The molecule has 23 heavy (non-hydrogen) atoms. The van der Waals surface area contributed by atoms with Crippen LogP contribution in [0.4, 0.5) is 17.2 Å². The smallest absolute Gasteiger partial charge is 0.269 e. The van der Waals surface area contributed by atoms with Gasteiger partial charge in [-0.05, 0) is 68.7 Å². The van der Waals surface area contributed by atoms with Crippen LogP contribution in [-0.2, 0) is 0 Å². The molecule has 120 valence electrons. The summed E-state index contributed by atoms with van der Waals surface area (Å²) in [5.74, 6) is 0.713. The van der Waals surface area contributed by atoms with E-state index in [4.69, 9.17) is 12.2 Å². The molecule has 0 unspecified atom stereocenters. The van der Waals surface area contributed by atoms with Crippen molar-refractivity contribution in [2.75, 3.05) is 10.6 Å². The number of nitro benzene ring substituents is 1. The first-order valence-corrected chi connectivity index (χ1v) is 7.47. The summed E-state index contributed by atoms with van der Waals surface area (Å²) < 4.78 is 0. The molecule has 0 saturated carbocycles. The summed E-state index contributed by atoms with van der Waals surface area (Å²) in [4.78, 5) is 14.7. The number of non-ortho nitro benzene ring substituents is 1. The van der Waals surface area contributed by atoms with Crippen LogP contribution in [0.5, 0.6) is 0 Å². The van der Waals surface area contributed by atoms with Crippen LogP contribution in [0.1, 0.15) is 22.4 Å². The third kappa shape index (κ3) is 3.81. The van der Waals surface area contributed by atoms with Crippen LogP contribution >= 0.6 is 12.2 Å². The van der Waals surface area contributed by atoms with Crippen molar-refractivity contribution in [1.82, 2.24) is 4.98 Å². The molecule has 0 aliphatic rings. The highest BCUT2D eigenvalue weighted by atomic mass is 32.1. The first-order chi connectivity index (χ1) is 10.8. The Morgan fingerprint density at radius 1 is 1.04 bits per heavy atom. The van der Waals surface area contributed by atoms with E-state index in [1.165, 1.54) is 23.3 Å². The van der Waals surface area contributed by atoms with Crippen molar-refractivity contribution < 1.29 is 4.92 Å². The quantitative estimate of drug-likeness (QED) is 0.502. The summed E-state index contributed by atoms with van der Waals surface area (Å²) in [5, 5.41) is 17.1. The minimum absolute atomic E-state index is 0.0386. The molecule has 0 atom stereocenters. The zero-order chi connectivity index (χ0) is 17.1. The van der Waals surface area contributed by atoms with E-state index >= 15 is 0 Å². The summed E-state index contributed by atoms with van der Waals surface area (Å²) >= 11 is 5.29. The van der Waals surface area contributed by atoms with E-state index in [9.17, 15) is 10.1 Å². The number of hydrogen-bond donors (Lipinski definition) is 2. The molecule has 0 amide bonds. The fourth-order valence-corrected chi connectivity index (χ4v) is 2.34. The predicted molar refractivity (Wildman–Crippen MR) is 96.1 cm³/mol. The molecule has 1 aromatic carbocycles. The molecule has 7 heteroatoms. The predicted octanol–water partition coefficient (Wildman–Crippen LogP) is 4.03. The molecule has 1 aromatic heterocycles. The number of rotatable bonds is 3. The van der Waals surface area contributed by atoms with Crippen LogP contribution in [-0.4, -0.2) is 15.0 Å². The Morgan fingerprint density at radius 2 is 1.65 bits per heavy atom. The normalized spacial score (nSPS) is 10.3. The highest BCUT2D eigenvalue weighted by Crippen LogP contribution is 2.22. The number of thiocarbonyl (C=S) groups is 1. The van der Waals surface area contributed by atoms with Crippen LogP contribution in [0.2, 0.25) is 0 Å². The Balaban J connectivity index is 2.12. The topological polar surface area (TPSA) is 80.1 Å². The van der Waals surface area contributed by atoms with E-state index in [1.54, 1.807) is 12.1 Å². The lowest BCUT2D eigenvalue weighted by Crippen LogP contribution is -2.21. The van der Waals surface area contributed by atoms with Gasteiger partial charge in [-0.25, -0.2) is 4.98 Å². The van der Waals surface area contributed by atoms with Gasteiger partial charge in [0.25, 0.3) is 5.69 Å². The van der Waals surface area contributed by atoms with Crippen molar-refractivity contribution in [3.8, 4) is 0 Å². The fraction of sp³-hybridized carbons (Fsp3) is 0.250. The number of hydrogen-bond acceptors (Lipinski definition) is 4. The van der Waals surface area contributed by atoms with Crippen LogP contribution < -0.4 is 10.6 Å². The summed E-state index contributed by atoms with van der Waals surface area (Å²) in [5.41, 5.74) is 5.05. The fourth-order valence-electron chi connectivity index (χ4n) is 2.12. The Kier molecular flexibility index (Phi) is 4.90. The average molecular weight is 330 g/mol. The monoisotopic (exact) mass is 330 g/mol. The Labute approximate surface area is 140 Å². The maximum Gasteiger partial charge on any atom is 0.269 e. The zero-order valence-electron chi connectivity index (χ0n) is 13.4. The summed E-state index contributed by atoms with van der Waals surface area (Å²) in [6.07, 6.45) is 0. The van der Waals surface area contributed by atoms with Crippen molar-refractivity contribution >= 4 is 34.5 Å². The molecule has 2 aromatic rings. The number of aryl methyl sites for hydroxylation is 1. The molecule has 0 fully saturated rings. The second-order valence-electron chi connectivity index (χ2n) is 5.30. The van der Waals surface area contributed by atoms with Crippen molar-refractivity contribution in [3.63, 3.8) is 0 Å². The minimum atomic E-state index is -0.439. The lowest BCUT2D eigenvalue weighted by Gasteiger charge is -2.16. The molecule has 0 spiro atoms. The van der Waals surface area contributed by atoms with Gasteiger partial charge in [-0.15, -0.1) is 0 Å². The average Bonchev–Trinajstić information content (AvgIpc) is 2.51. The molecule has 1 heterocycles. The van der Waals surface area contributed by atoms with E-state index in [2.05, 4.69) is 22.5 Å². The Bertz CT molecular complexity index is 773. The van der Waals surface area contributed by atoms with Gasteiger partial charge in [-0.2, -0.15) is 0 Å². The van der Waals surface area contributed by atoms with Crippen LogP contribution in [0.15, 0.2) is 24.3 Å². The third-order valence-corrected chi connectivity index (χ3v) is 4.07. The van der Waals surface area contributed by atoms with Crippen molar-refractivity contribution in [2.45, 2.75) is 27.7 Å². The van der Waals surface area contributed by atoms with E-state index in [0.29, 0.717) is 16.6 Å². The SMILES string of the molecule is Cc1nc(NC(=S)Nc2ccc([N+](=O)[O-])cc2)c(C)c(C)c1C. The highest BCUT2D eigenvalue weighted by Gasteiger charge is 2.10. The molecule has 0 aliphatic heterocycles. The van der Waals surface area contributed by atoms with Crippen molar-refractivity contribution in [3.05, 3.63) is 56.8 Å². The number of nitro groups is 1. The Hall–Kier alpha value is -2.54. The van der Waals surface area contributed by atoms with Crippen molar-refractivity contribution in [1.29, 1.82) is 0 Å². The lowest BCUT2D eigenvalue weighted by atomic mass is 10.0. The summed E-state index contributed by atoms with van der Waals surface area (Å²) in [6, 6.07) is 6.07. The highest BCUT2D eigenvalue weighted by molar-refractivity contribution is 7.80. The van der Waals surface area contributed by atoms with Crippen molar-refractivity contribution in [2.24, 2.45) is 0 Å². The number of benzene rings is 1. The van der Waals surface area contributed by atoms with Gasteiger partial charge in [-0.1, -0.05) is 0 Å². The first-order valence-electron chi connectivity index (χ1n) is 7.06. The van der Waals surface area contributed by atoms with Gasteiger partial charge < -0.3 is 10.6 Å². The number of nitrogens with zero attached hydrogens (tertiary/aromatic N) is 2. The van der Waals surface area contributed by atoms with E-state index in [1.807, 2.05) is 20.8 Å². The minimum Gasteiger partial charge on any atom is -0.332 e. The van der Waals surface area contributed by atoms with E-state index in [0.717, 1.165) is 11.3 Å². The van der Waals surface area contributed by atoms with E-state index < -0.39 is 4.92 Å². The van der Waals surface area contributed by atoms with Gasteiger partial charge in [-0.3, -0.25) is 10.1 Å². The molecule has 0 bridgehead atoms. The van der Waals surface area contributed by atoms with Gasteiger partial charge in [0.15, 0.2) is 5.11 Å². The number of aromatic nitrogens is 1. The summed E-state index contributed by atoms with van der Waals surface area (Å²) in [6.45, 7) is 8.05. The maximum absolute atomic E-state index is 10.6. The standard InChI is InChI=1S/C16H18N4O2S/c1-9-10(2)12(4)17-15(11(9)3)19-16(23)18-13-5-7-14(8-6-13)20(21)22/h5-8H,1-4H3,(H2,17,18,19,23). The zero-order valence-corrected chi connectivity index (χ0v) is 14.2. The van der Waals surface area contributed by atoms with Gasteiger partial charge in [0.1, 0.15) is 5.82 Å². The number of pyridine rings is 1. The molecule has 6 nitrogen and oxygen atoms in total. The van der Waals surface area contributed by atoms with Gasteiger partial charge in [0.05, 0.1) is 4.92 Å². The van der Waals surface area contributed by atoms with E-state index in [-0.39, 0.29) is 5.69 Å². The maximum atomic E-state index is 10.6. The lowest BCUT2D eigenvalue weighted by molar-refractivity contribution is -0.384. The van der Waals surface area contributed by atoms with Crippen LogP contribution in [0, 0.1) is 37.8 Å². The number of anilines is 2. The molecule has 2 N–H and O–H groups in total.